The third kappa shape index (κ3) is 2.21. The highest BCUT2D eigenvalue weighted by atomic mass is 16.2. The summed E-state index contributed by atoms with van der Waals surface area (Å²) in [5.41, 5.74) is 3.05. The number of fused-ring (bicyclic) bond motifs is 1. The fourth-order valence-corrected chi connectivity index (χ4v) is 3.45. The number of nitrogens with zero attached hydrogens (tertiary/aromatic N) is 1. The molecule has 0 aromatic heterocycles. The van der Waals surface area contributed by atoms with Crippen molar-refractivity contribution >= 4 is 17.5 Å². The van der Waals surface area contributed by atoms with Crippen LogP contribution in [-0.2, 0) is 9.59 Å². The van der Waals surface area contributed by atoms with E-state index in [1.165, 1.54) is 10.5 Å². The van der Waals surface area contributed by atoms with Crippen molar-refractivity contribution in [1.29, 1.82) is 0 Å². The highest BCUT2D eigenvalue weighted by Gasteiger charge is 2.49. The number of anilines is 1. The van der Waals surface area contributed by atoms with Crippen LogP contribution in [0.2, 0.25) is 0 Å². The molecule has 0 radical (unpaired) electrons. The van der Waals surface area contributed by atoms with Gasteiger partial charge in [0.2, 0.25) is 11.8 Å². The molecule has 2 unspecified atom stereocenters. The fraction of sp³-hybridized carbons (Fsp3) is 0.444. The minimum atomic E-state index is -0.165. The maximum Gasteiger partial charge on any atom is 0.238 e. The largest absolute Gasteiger partial charge is 0.274 e. The Bertz CT molecular complexity index is 630. The zero-order chi connectivity index (χ0) is 15.1. The second kappa shape index (κ2) is 5.14. The van der Waals surface area contributed by atoms with Gasteiger partial charge in [0.25, 0.3) is 0 Å². The molecule has 3 heteroatoms. The average Bonchev–Trinajstić information content (AvgIpc) is 2.70. The molecule has 0 spiro atoms. The molecule has 1 saturated heterocycles. The van der Waals surface area contributed by atoms with E-state index in [1.54, 1.807) is 0 Å². The van der Waals surface area contributed by atoms with E-state index in [1.807, 2.05) is 31.2 Å². The molecule has 2 atom stereocenters. The van der Waals surface area contributed by atoms with Crippen molar-refractivity contribution in [2.24, 2.45) is 11.8 Å². The predicted molar refractivity (Wildman–Crippen MR) is 83.0 cm³/mol. The lowest BCUT2D eigenvalue weighted by Gasteiger charge is -2.20. The fourth-order valence-electron chi connectivity index (χ4n) is 3.45. The van der Waals surface area contributed by atoms with E-state index in [0.29, 0.717) is 6.42 Å². The summed E-state index contributed by atoms with van der Waals surface area (Å²) in [6, 6.07) is 7.75. The summed E-state index contributed by atoms with van der Waals surface area (Å²) in [5, 5.41) is 0. The van der Waals surface area contributed by atoms with Crippen LogP contribution in [0.5, 0.6) is 0 Å². The number of rotatable bonds is 2. The average molecular weight is 283 g/mol. The smallest absolute Gasteiger partial charge is 0.238 e. The van der Waals surface area contributed by atoms with E-state index in [9.17, 15) is 9.59 Å². The van der Waals surface area contributed by atoms with Gasteiger partial charge in [-0.15, -0.1) is 0 Å². The van der Waals surface area contributed by atoms with Gasteiger partial charge in [-0.1, -0.05) is 43.7 Å². The number of carbonyl (C=O) groups is 2. The molecule has 0 N–H and O–H groups in total. The molecule has 0 saturated carbocycles. The maximum atomic E-state index is 12.7. The Morgan fingerprint density at radius 1 is 1.10 bits per heavy atom. The van der Waals surface area contributed by atoms with Crippen molar-refractivity contribution in [1.82, 2.24) is 0 Å². The molecule has 3 nitrogen and oxygen atoms in total. The number of hydrogen-bond acceptors (Lipinski definition) is 2. The van der Waals surface area contributed by atoms with Gasteiger partial charge >= 0.3 is 0 Å². The topological polar surface area (TPSA) is 37.4 Å². The van der Waals surface area contributed by atoms with Gasteiger partial charge in [0.05, 0.1) is 17.5 Å². The first-order valence-corrected chi connectivity index (χ1v) is 7.63. The first-order chi connectivity index (χ1) is 10.0. The van der Waals surface area contributed by atoms with Crippen molar-refractivity contribution < 1.29 is 9.59 Å². The lowest BCUT2D eigenvalue weighted by atomic mass is 9.82. The minimum absolute atomic E-state index is 0.0226. The van der Waals surface area contributed by atoms with Crippen LogP contribution in [0.1, 0.15) is 45.1 Å². The summed E-state index contributed by atoms with van der Waals surface area (Å²) in [6.07, 6.45) is 3.52. The number of hydrogen-bond donors (Lipinski definition) is 0. The Kier molecular flexibility index (Phi) is 3.44. The van der Waals surface area contributed by atoms with E-state index in [2.05, 4.69) is 19.9 Å². The third-order valence-corrected chi connectivity index (χ3v) is 4.62. The van der Waals surface area contributed by atoms with E-state index in [4.69, 9.17) is 0 Å². The molecule has 3 rings (SSSR count). The molecule has 1 aromatic rings. The van der Waals surface area contributed by atoms with Crippen LogP contribution in [0, 0.1) is 11.8 Å². The van der Waals surface area contributed by atoms with Crippen LogP contribution in [0.3, 0.4) is 0 Å². The normalized spacial score (nSPS) is 25.3. The predicted octanol–water partition coefficient (Wildman–Crippen LogP) is 3.66. The highest BCUT2D eigenvalue weighted by molar-refractivity contribution is 6.22. The number of benzene rings is 1. The molecule has 2 amide bonds. The summed E-state index contributed by atoms with van der Waals surface area (Å²) in [6.45, 7) is 6.21. The molecule has 0 bridgehead atoms. The number of para-hydroxylation sites is 1. The van der Waals surface area contributed by atoms with Gasteiger partial charge < -0.3 is 0 Å². The summed E-state index contributed by atoms with van der Waals surface area (Å²) in [5.74, 6) is -0.0965. The van der Waals surface area contributed by atoms with Crippen molar-refractivity contribution in [2.75, 3.05) is 4.90 Å². The third-order valence-electron chi connectivity index (χ3n) is 4.62. The quantitative estimate of drug-likeness (QED) is 0.613. The molecule has 1 aliphatic heterocycles. The standard InChI is InChI=1S/C18H21NO2/c1-11(2)13-6-4-5-7-16(13)19-17(20)14-9-8-12(3)10-15(14)18(19)21/h4-8,11,14-15H,9-10H2,1-3H3. The van der Waals surface area contributed by atoms with Crippen molar-refractivity contribution in [2.45, 2.75) is 39.5 Å². The van der Waals surface area contributed by atoms with Gasteiger partial charge in [-0.2, -0.15) is 0 Å². The minimum Gasteiger partial charge on any atom is -0.274 e. The van der Waals surface area contributed by atoms with E-state index in [-0.39, 0.29) is 29.6 Å². The lowest BCUT2D eigenvalue weighted by molar-refractivity contribution is -0.122. The maximum absolute atomic E-state index is 12.7. The van der Waals surface area contributed by atoms with E-state index >= 15 is 0 Å². The van der Waals surface area contributed by atoms with Gasteiger partial charge in [0.15, 0.2) is 0 Å². The van der Waals surface area contributed by atoms with Crippen LogP contribution in [0.25, 0.3) is 0 Å². The van der Waals surface area contributed by atoms with Gasteiger partial charge in [-0.25, -0.2) is 4.90 Å². The number of carbonyl (C=O) groups excluding carboxylic acids is 2. The van der Waals surface area contributed by atoms with Crippen LogP contribution in [0.15, 0.2) is 35.9 Å². The first-order valence-electron chi connectivity index (χ1n) is 7.63. The Morgan fingerprint density at radius 3 is 2.48 bits per heavy atom. The summed E-state index contributed by atoms with van der Waals surface area (Å²) in [4.78, 5) is 26.9. The molecule has 1 aliphatic carbocycles. The Morgan fingerprint density at radius 2 is 1.76 bits per heavy atom. The molecule has 1 aromatic carbocycles. The van der Waals surface area contributed by atoms with Crippen LogP contribution >= 0.6 is 0 Å². The monoisotopic (exact) mass is 283 g/mol. The van der Waals surface area contributed by atoms with E-state index < -0.39 is 0 Å². The molecular weight excluding hydrogens is 262 g/mol. The van der Waals surface area contributed by atoms with Crippen LogP contribution < -0.4 is 4.90 Å². The summed E-state index contributed by atoms with van der Waals surface area (Å²) < 4.78 is 0. The number of amides is 2. The van der Waals surface area contributed by atoms with Crippen LogP contribution in [-0.4, -0.2) is 11.8 Å². The SMILES string of the molecule is CC1=CCC2C(=O)N(c3ccccc3C(C)C)C(=O)C2C1. The van der Waals surface area contributed by atoms with Crippen LogP contribution in [0.4, 0.5) is 5.69 Å². The number of imide groups is 1. The molecular formula is C18H21NO2. The first kappa shape index (κ1) is 14.1. The summed E-state index contributed by atoms with van der Waals surface area (Å²) >= 11 is 0. The summed E-state index contributed by atoms with van der Waals surface area (Å²) in [7, 11) is 0. The Balaban J connectivity index is 2.02. The van der Waals surface area contributed by atoms with Gasteiger partial charge in [-0.3, -0.25) is 9.59 Å². The zero-order valence-electron chi connectivity index (χ0n) is 12.8. The molecule has 2 aliphatic rings. The van der Waals surface area contributed by atoms with Crippen molar-refractivity contribution in [3.8, 4) is 0 Å². The molecule has 110 valence electrons. The molecule has 1 heterocycles. The van der Waals surface area contributed by atoms with Gasteiger partial charge in [-0.05, 0) is 37.3 Å². The lowest BCUT2D eigenvalue weighted by Crippen LogP contribution is -2.31. The van der Waals surface area contributed by atoms with Gasteiger partial charge in [0, 0.05) is 0 Å². The second-order valence-electron chi connectivity index (χ2n) is 6.43. The second-order valence-corrected chi connectivity index (χ2v) is 6.43. The number of allylic oxidation sites excluding steroid dienone is 2. The van der Waals surface area contributed by atoms with Gasteiger partial charge in [0.1, 0.15) is 0 Å². The highest BCUT2D eigenvalue weighted by Crippen LogP contribution is 2.41. The molecule has 21 heavy (non-hydrogen) atoms. The zero-order valence-corrected chi connectivity index (χ0v) is 12.8. The van der Waals surface area contributed by atoms with Crippen molar-refractivity contribution in [3.63, 3.8) is 0 Å². The Labute approximate surface area is 125 Å². The Hall–Kier alpha value is -1.90. The van der Waals surface area contributed by atoms with E-state index in [0.717, 1.165) is 17.7 Å². The van der Waals surface area contributed by atoms with Crippen molar-refractivity contribution in [3.05, 3.63) is 41.5 Å². The molecule has 1 fully saturated rings.